The lowest BCUT2D eigenvalue weighted by atomic mass is 9.41. The Labute approximate surface area is 183 Å². The smallest absolute Gasteiger partial charge is 0.302 e. The fourth-order valence-corrected chi connectivity index (χ4v) is 9.20. The molecule has 4 fully saturated rings. The van der Waals surface area contributed by atoms with Crippen molar-refractivity contribution in [2.45, 2.75) is 104 Å². The number of hydrogen-bond donors (Lipinski definition) is 2. The molecule has 0 radical (unpaired) electrons. The lowest BCUT2D eigenvalue weighted by Crippen LogP contribution is -2.62. The summed E-state index contributed by atoms with van der Waals surface area (Å²) in [5.74, 6) is 2.93. The minimum Gasteiger partial charge on any atom is -0.463 e. The van der Waals surface area contributed by atoms with E-state index in [1.807, 2.05) is 0 Å². The van der Waals surface area contributed by atoms with Gasteiger partial charge in [-0.2, -0.15) is 0 Å². The van der Waals surface area contributed by atoms with E-state index in [1.54, 1.807) is 0 Å². The number of carbonyl (C=O) groups is 1. The summed E-state index contributed by atoms with van der Waals surface area (Å²) in [6.45, 7) is 9.07. The van der Waals surface area contributed by atoms with Crippen LogP contribution in [-0.2, 0) is 9.53 Å². The number of fused-ring (bicyclic) bond motifs is 5. The number of ether oxygens (including phenoxy) is 1. The second-order valence-electron chi connectivity index (χ2n) is 11.7. The van der Waals surface area contributed by atoms with Crippen LogP contribution in [0.25, 0.3) is 0 Å². The number of aliphatic hydroxyl groups excluding tert-OH is 2. The van der Waals surface area contributed by atoms with Gasteiger partial charge in [0.25, 0.3) is 0 Å². The van der Waals surface area contributed by atoms with Gasteiger partial charge in [-0.25, -0.2) is 0 Å². The van der Waals surface area contributed by atoms with Crippen LogP contribution in [0.4, 0.5) is 0 Å². The first-order valence-electron chi connectivity index (χ1n) is 12.7. The van der Waals surface area contributed by atoms with Crippen LogP contribution in [0.5, 0.6) is 0 Å². The third kappa shape index (κ3) is 3.45. The summed E-state index contributed by atoms with van der Waals surface area (Å²) in [7, 11) is 0. The number of aliphatic hydroxyl groups is 2. The third-order valence-corrected chi connectivity index (χ3v) is 10.6. The molecule has 0 saturated heterocycles. The third-order valence-electron chi connectivity index (χ3n) is 10.6. The highest BCUT2D eigenvalue weighted by Gasteiger charge is 2.64. The van der Waals surface area contributed by atoms with Crippen LogP contribution in [0, 0.1) is 46.3 Å². The average Bonchev–Trinajstić information content (AvgIpc) is 3.03. The van der Waals surface area contributed by atoms with Gasteiger partial charge in [0.2, 0.25) is 0 Å². The highest BCUT2D eigenvalue weighted by Crippen LogP contribution is 2.69. The molecule has 10 atom stereocenters. The molecule has 0 amide bonds. The molecule has 0 aliphatic heterocycles. The van der Waals surface area contributed by atoms with Gasteiger partial charge < -0.3 is 14.9 Å². The van der Waals surface area contributed by atoms with Crippen LogP contribution >= 0.6 is 0 Å². The van der Waals surface area contributed by atoms with Gasteiger partial charge in [0.1, 0.15) is 6.10 Å². The molecule has 0 bridgehead atoms. The zero-order valence-corrected chi connectivity index (χ0v) is 19.6. The summed E-state index contributed by atoms with van der Waals surface area (Å²) in [4.78, 5) is 11.6. The van der Waals surface area contributed by atoms with Gasteiger partial charge in [-0.3, -0.25) is 4.79 Å². The Kier molecular flexibility index (Phi) is 6.31. The Bertz CT molecular complexity index is 635. The van der Waals surface area contributed by atoms with E-state index in [4.69, 9.17) is 4.74 Å². The summed E-state index contributed by atoms with van der Waals surface area (Å²) < 4.78 is 5.65. The Morgan fingerprint density at radius 2 is 1.73 bits per heavy atom. The molecule has 4 nitrogen and oxygen atoms in total. The zero-order valence-electron chi connectivity index (χ0n) is 19.6. The summed E-state index contributed by atoms with van der Waals surface area (Å²) >= 11 is 0. The first-order chi connectivity index (χ1) is 14.3. The number of rotatable bonds is 5. The molecule has 30 heavy (non-hydrogen) atoms. The van der Waals surface area contributed by atoms with Crippen LogP contribution in [0.15, 0.2) is 0 Å². The molecule has 0 heterocycles. The Morgan fingerprint density at radius 3 is 2.40 bits per heavy atom. The predicted molar refractivity (Wildman–Crippen MR) is 118 cm³/mol. The molecule has 0 aromatic heterocycles. The van der Waals surface area contributed by atoms with Gasteiger partial charge >= 0.3 is 5.97 Å². The normalized spacial score (nSPS) is 50.3. The molecule has 4 unspecified atom stereocenters. The molecule has 4 rings (SSSR count). The minimum atomic E-state index is -0.227. The second-order valence-corrected chi connectivity index (χ2v) is 11.7. The van der Waals surface area contributed by atoms with E-state index in [-0.39, 0.29) is 23.6 Å². The van der Waals surface area contributed by atoms with Crippen molar-refractivity contribution >= 4 is 5.97 Å². The largest absolute Gasteiger partial charge is 0.463 e. The maximum Gasteiger partial charge on any atom is 0.302 e. The molecule has 0 aromatic rings. The van der Waals surface area contributed by atoms with E-state index in [2.05, 4.69) is 20.8 Å². The highest BCUT2D eigenvalue weighted by molar-refractivity contribution is 5.66. The van der Waals surface area contributed by atoms with Crippen molar-refractivity contribution in [3.05, 3.63) is 0 Å². The van der Waals surface area contributed by atoms with Gasteiger partial charge in [0.05, 0.1) is 6.10 Å². The topological polar surface area (TPSA) is 66.8 Å². The van der Waals surface area contributed by atoms with E-state index in [0.29, 0.717) is 47.5 Å². The van der Waals surface area contributed by atoms with Gasteiger partial charge in [-0.15, -0.1) is 0 Å². The van der Waals surface area contributed by atoms with Crippen LogP contribution in [0.1, 0.15) is 91.9 Å². The summed E-state index contributed by atoms with van der Waals surface area (Å²) in [6, 6.07) is 0. The second kappa shape index (κ2) is 8.39. The quantitative estimate of drug-likeness (QED) is 0.617. The fourth-order valence-electron chi connectivity index (χ4n) is 9.20. The van der Waals surface area contributed by atoms with E-state index in [9.17, 15) is 15.0 Å². The van der Waals surface area contributed by atoms with Crippen molar-refractivity contribution in [1.82, 2.24) is 0 Å². The first-order valence-corrected chi connectivity index (χ1v) is 12.7. The van der Waals surface area contributed by atoms with Crippen molar-refractivity contribution in [3.63, 3.8) is 0 Å². The number of carbonyl (C=O) groups excluding carboxylic acids is 1. The Morgan fingerprint density at radius 1 is 1.03 bits per heavy atom. The first kappa shape index (κ1) is 22.6. The zero-order chi connectivity index (χ0) is 21.7. The lowest BCUT2D eigenvalue weighted by Gasteiger charge is -2.64. The average molecular weight is 421 g/mol. The monoisotopic (exact) mass is 420 g/mol. The van der Waals surface area contributed by atoms with Crippen molar-refractivity contribution in [2.24, 2.45) is 46.3 Å². The van der Waals surface area contributed by atoms with Crippen LogP contribution in [0.2, 0.25) is 0 Å². The van der Waals surface area contributed by atoms with Gasteiger partial charge in [-0.05, 0) is 104 Å². The molecular formula is C26H44O4. The van der Waals surface area contributed by atoms with Crippen molar-refractivity contribution in [1.29, 1.82) is 0 Å². The van der Waals surface area contributed by atoms with E-state index in [0.717, 1.165) is 38.5 Å². The minimum absolute atomic E-state index is 0.0292. The van der Waals surface area contributed by atoms with Crippen LogP contribution in [-0.4, -0.2) is 35.0 Å². The van der Waals surface area contributed by atoms with Gasteiger partial charge in [0, 0.05) is 13.5 Å². The summed E-state index contributed by atoms with van der Waals surface area (Å²) in [5.41, 5.74) is 0.583. The maximum absolute atomic E-state index is 11.8. The molecule has 0 aromatic carbocycles. The predicted octanol–water partition coefficient (Wildman–Crippen LogP) is 4.96. The van der Waals surface area contributed by atoms with Crippen molar-refractivity contribution in [2.75, 3.05) is 6.61 Å². The Hall–Kier alpha value is -0.610. The standard InChI is InChI=1S/C26H44O4/c1-5-19-22-15-18(30-16(2)28)10-12-26(22,4)21-11-13-25(3)17(7-6-14-27)8-9-20(25)23(21)24(19)29/h17-24,27,29H,5-15H2,1-4H3/t17-,18+,19+,20?,21?,22?,23?,24+,25+,26+/m0/s1. The number of hydrogen-bond acceptors (Lipinski definition) is 4. The van der Waals surface area contributed by atoms with Crippen LogP contribution < -0.4 is 0 Å². The van der Waals surface area contributed by atoms with Crippen molar-refractivity contribution in [3.8, 4) is 0 Å². The molecule has 2 N–H and O–H groups in total. The van der Waals surface area contributed by atoms with Gasteiger partial charge in [-0.1, -0.05) is 27.2 Å². The molecular weight excluding hydrogens is 376 g/mol. The molecule has 4 saturated carbocycles. The molecule has 4 aliphatic carbocycles. The van der Waals surface area contributed by atoms with Crippen molar-refractivity contribution < 1.29 is 19.7 Å². The summed E-state index contributed by atoms with van der Waals surface area (Å²) in [6.07, 6.45) is 10.9. The number of esters is 1. The molecule has 4 heteroatoms. The fraction of sp³-hybridized carbons (Fsp3) is 0.962. The van der Waals surface area contributed by atoms with Crippen LogP contribution in [0.3, 0.4) is 0 Å². The lowest BCUT2D eigenvalue weighted by molar-refractivity contribution is -0.206. The molecule has 4 aliphatic rings. The maximum atomic E-state index is 11.8. The molecule has 172 valence electrons. The van der Waals surface area contributed by atoms with E-state index >= 15 is 0 Å². The van der Waals surface area contributed by atoms with E-state index < -0.39 is 0 Å². The summed E-state index contributed by atoms with van der Waals surface area (Å²) in [5, 5.41) is 21.1. The van der Waals surface area contributed by atoms with E-state index in [1.165, 1.54) is 32.6 Å². The van der Waals surface area contributed by atoms with Gasteiger partial charge in [0.15, 0.2) is 0 Å². The molecule has 0 spiro atoms. The highest BCUT2D eigenvalue weighted by atomic mass is 16.5. The Balaban J connectivity index is 1.61. The SMILES string of the molecule is CC[C@@H]1C2C[C@H](OC(C)=O)CC[C@]2(C)C2CC[C@@]3(C)C(CC[C@@H]3CCCO)C2[C@@H]1O.